The lowest BCUT2D eigenvalue weighted by atomic mass is 10.0. The highest BCUT2D eigenvalue weighted by molar-refractivity contribution is 5.82. The number of nitrogens with zero attached hydrogens (tertiary/aromatic N) is 2. The SMILES string of the molecule is Cc1cnc(NCC2(CNC(=O)C3[C@@H]4[C@H]5CC[C@H](C5)[C@H]34)CC2)nc1. The largest absolute Gasteiger partial charge is 0.355 e. The van der Waals surface area contributed by atoms with Gasteiger partial charge in [-0.25, -0.2) is 9.97 Å². The summed E-state index contributed by atoms with van der Waals surface area (Å²) in [5.41, 5.74) is 1.28. The minimum absolute atomic E-state index is 0.215. The summed E-state index contributed by atoms with van der Waals surface area (Å²) in [7, 11) is 0. The number of anilines is 1. The van der Waals surface area contributed by atoms with Crippen molar-refractivity contribution < 1.29 is 4.79 Å². The van der Waals surface area contributed by atoms with E-state index in [2.05, 4.69) is 20.6 Å². The molecule has 1 heterocycles. The fraction of sp³-hybridized carbons (Fsp3) is 0.737. The average molecular weight is 326 g/mol. The lowest BCUT2D eigenvalue weighted by Crippen LogP contribution is -2.35. The molecular formula is C19H26N4O. The summed E-state index contributed by atoms with van der Waals surface area (Å²) < 4.78 is 0. The molecule has 1 amide bonds. The summed E-state index contributed by atoms with van der Waals surface area (Å²) in [6, 6.07) is 0. The molecule has 2 bridgehead atoms. The number of amides is 1. The Morgan fingerprint density at radius 3 is 2.46 bits per heavy atom. The summed E-state index contributed by atoms with van der Waals surface area (Å²) >= 11 is 0. The van der Waals surface area contributed by atoms with Gasteiger partial charge < -0.3 is 10.6 Å². The predicted molar refractivity (Wildman–Crippen MR) is 91.2 cm³/mol. The zero-order valence-electron chi connectivity index (χ0n) is 14.3. The Kier molecular flexibility index (Phi) is 3.16. The van der Waals surface area contributed by atoms with Crippen LogP contribution in [0.25, 0.3) is 0 Å². The van der Waals surface area contributed by atoms with Crippen molar-refractivity contribution in [3.8, 4) is 0 Å². The van der Waals surface area contributed by atoms with Gasteiger partial charge in [0, 0.05) is 36.8 Å². The third-order valence-corrected chi connectivity index (χ3v) is 7.04. The number of hydrogen-bond acceptors (Lipinski definition) is 4. The minimum Gasteiger partial charge on any atom is -0.355 e. The topological polar surface area (TPSA) is 66.9 Å². The number of rotatable bonds is 6. The maximum absolute atomic E-state index is 12.6. The average Bonchev–Trinajstić information content (AvgIpc) is 3.47. The van der Waals surface area contributed by atoms with E-state index in [0.717, 1.165) is 42.3 Å². The second kappa shape index (κ2) is 5.17. The summed E-state index contributed by atoms with van der Waals surface area (Å²) in [6.07, 6.45) is 10.2. The van der Waals surface area contributed by atoms with Gasteiger partial charge in [-0.05, 0) is 68.3 Å². The van der Waals surface area contributed by atoms with Gasteiger partial charge in [0.05, 0.1) is 0 Å². The van der Waals surface area contributed by atoms with E-state index in [-0.39, 0.29) is 5.41 Å². The Morgan fingerprint density at radius 2 is 1.83 bits per heavy atom. The molecule has 0 saturated heterocycles. The van der Waals surface area contributed by atoms with Crippen LogP contribution in [0, 0.1) is 41.9 Å². The number of carbonyl (C=O) groups excluding carboxylic acids is 1. The van der Waals surface area contributed by atoms with Crippen LogP contribution in [-0.2, 0) is 4.79 Å². The van der Waals surface area contributed by atoms with E-state index in [1.807, 2.05) is 19.3 Å². The number of fused-ring (bicyclic) bond motifs is 5. The van der Waals surface area contributed by atoms with Crippen LogP contribution in [0.15, 0.2) is 12.4 Å². The van der Waals surface area contributed by atoms with Gasteiger partial charge in [-0.1, -0.05) is 0 Å². The van der Waals surface area contributed by atoms with Crippen molar-refractivity contribution in [3.05, 3.63) is 18.0 Å². The Bertz CT molecular complexity index is 638. The standard InChI is InChI=1S/C19H26N4O/c1-11-7-20-18(21-8-11)23-10-19(4-5-19)9-22-17(24)16-14-12-2-3-13(6-12)15(14)16/h7-8,12-16H,2-6,9-10H2,1H3,(H,22,24)(H,20,21,23)/t12-,13+,14+,15-,16?. The van der Waals surface area contributed by atoms with Crippen LogP contribution in [0.1, 0.15) is 37.7 Å². The Hall–Kier alpha value is -1.65. The molecule has 5 atom stereocenters. The number of carbonyl (C=O) groups is 1. The normalized spacial score (nSPS) is 37.0. The lowest BCUT2D eigenvalue weighted by Gasteiger charge is -2.17. The molecule has 0 aliphatic heterocycles. The molecule has 1 aromatic rings. The number of hydrogen-bond donors (Lipinski definition) is 2. The monoisotopic (exact) mass is 326 g/mol. The molecule has 128 valence electrons. The Balaban J connectivity index is 1.12. The second-order valence-corrected chi connectivity index (χ2v) is 8.67. The van der Waals surface area contributed by atoms with Crippen LogP contribution in [0.2, 0.25) is 0 Å². The van der Waals surface area contributed by atoms with Crippen molar-refractivity contribution in [1.82, 2.24) is 15.3 Å². The number of aromatic nitrogens is 2. The lowest BCUT2D eigenvalue weighted by molar-refractivity contribution is -0.123. The molecule has 4 aliphatic rings. The fourth-order valence-electron chi connectivity index (χ4n) is 5.41. The quantitative estimate of drug-likeness (QED) is 0.842. The van der Waals surface area contributed by atoms with E-state index in [0.29, 0.717) is 17.8 Å². The summed E-state index contributed by atoms with van der Waals surface area (Å²) in [5, 5.41) is 6.60. The highest BCUT2D eigenvalue weighted by Gasteiger charge is 2.67. The number of aryl methyl sites for hydroxylation is 1. The van der Waals surface area contributed by atoms with Crippen LogP contribution in [0.4, 0.5) is 5.95 Å². The third-order valence-electron chi connectivity index (χ3n) is 7.04. The molecule has 4 fully saturated rings. The van der Waals surface area contributed by atoms with Gasteiger partial charge in [0.15, 0.2) is 0 Å². The van der Waals surface area contributed by atoms with Gasteiger partial charge in [-0.15, -0.1) is 0 Å². The van der Waals surface area contributed by atoms with Crippen molar-refractivity contribution in [2.45, 2.75) is 39.0 Å². The molecule has 2 N–H and O–H groups in total. The molecule has 5 rings (SSSR count). The van der Waals surface area contributed by atoms with Gasteiger partial charge in [0.1, 0.15) is 0 Å². The fourth-order valence-corrected chi connectivity index (χ4v) is 5.41. The summed E-state index contributed by atoms with van der Waals surface area (Å²) in [6.45, 7) is 3.64. The highest BCUT2D eigenvalue weighted by atomic mass is 16.2. The van der Waals surface area contributed by atoms with E-state index in [1.165, 1.54) is 32.1 Å². The molecule has 0 spiro atoms. The molecule has 1 aromatic heterocycles. The molecule has 5 nitrogen and oxygen atoms in total. The van der Waals surface area contributed by atoms with Crippen LogP contribution < -0.4 is 10.6 Å². The molecule has 1 unspecified atom stereocenters. The van der Waals surface area contributed by atoms with E-state index >= 15 is 0 Å². The molecule has 5 heteroatoms. The van der Waals surface area contributed by atoms with Gasteiger partial charge in [0.25, 0.3) is 0 Å². The molecule has 24 heavy (non-hydrogen) atoms. The predicted octanol–water partition coefficient (Wildman–Crippen LogP) is 2.39. The van der Waals surface area contributed by atoms with Crippen LogP contribution in [0.5, 0.6) is 0 Å². The molecule has 0 aromatic carbocycles. The zero-order chi connectivity index (χ0) is 16.3. The molecular weight excluding hydrogens is 300 g/mol. The van der Waals surface area contributed by atoms with E-state index in [4.69, 9.17) is 0 Å². The molecule has 0 radical (unpaired) electrons. The maximum Gasteiger partial charge on any atom is 0.223 e. The van der Waals surface area contributed by atoms with Gasteiger partial charge >= 0.3 is 0 Å². The first-order valence-electron chi connectivity index (χ1n) is 9.45. The van der Waals surface area contributed by atoms with Crippen molar-refractivity contribution in [3.63, 3.8) is 0 Å². The summed E-state index contributed by atoms with van der Waals surface area (Å²) in [5.74, 6) is 4.57. The smallest absolute Gasteiger partial charge is 0.223 e. The summed E-state index contributed by atoms with van der Waals surface area (Å²) in [4.78, 5) is 21.2. The van der Waals surface area contributed by atoms with Crippen LogP contribution in [0.3, 0.4) is 0 Å². The zero-order valence-corrected chi connectivity index (χ0v) is 14.3. The first-order valence-corrected chi connectivity index (χ1v) is 9.45. The highest BCUT2D eigenvalue weighted by Crippen LogP contribution is 2.69. The first-order chi connectivity index (χ1) is 11.7. The van der Waals surface area contributed by atoms with Gasteiger partial charge in [-0.2, -0.15) is 0 Å². The van der Waals surface area contributed by atoms with Crippen molar-refractivity contribution >= 4 is 11.9 Å². The van der Waals surface area contributed by atoms with E-state index < -0.39 is 0 Å². The minimum atomic E-state index is 0.215. The van der Waals surface area contributed by atoms with Crippen LogP contribution >= 0.6 is 0 Å². The Morgan fingerprint density at radius 1 is 1.17 bits per heavy atom. The molecule has 4 saturated carbocycles. The van der Waals surface area contributed by atoms with E-state index in [1.54, 1.807) is 0 Å². The second-order valence-electron chi connectivity index (χ2n) is 8.67. The maximum atomic E-state index is 12.6. The first kappa shape index (κ1) is 14.7. The third kappa shape index (κ3) is 2.40. The van der Waals surface area contributed by atoms with Crippen molar-refractivity contribution in [2.75, 3.05) is 18.4 Å². The number of nitrogens with one attached hydrogen (secondary N) is 2. The Labute approximate surface area is 143 Å². The van der Waals surface area contributed by atoms with Gasteiger partial charge in [-0.3, -0.25) is 4.79 Å². The van der Waals surface area contributed by atoms with E-state index in [9.17, 15) is 4.79 Å². The van der Waals surface area contributed by atoms with Crippen LogP contribution in [-0.4, -0.2) is 29.0 Å². The van der Waals surface area contributed by atoms with Crippen molar-refractivity contribution in [2.24, 2.45) is 35.0 Å². The van der Waals surface area contributed by atoms with Crippen molar-refractivity contribution in [1.29, 1.82) is 0 Å². The molecule has 4 aliphatic carbocycles. The van der Waals surface area contributed by atoms with Gasteiger partial charge in [0.2, 0.25) is 11.9 Å².